The van der Waals surface area contributed by atoms with E-state index in [4.69, 9.17) is 5.73 Å². The molecule has 0 atom stereocenters. The standard InChI is InChI=1S/C8H11F3N4O/c1-4(2)15-6(13-7(12)16)3-5(14-15)8(9,10)11/h3-4H,1-2H3,(H3,12,13,16). The van der Waals surface area contributed by atoms with Crippen LogP contribution < -0.4 is 11.1 Å². The van der Waals surface area contributed by atoms with Crippen molar-refractivity contribution >= 4 is 11.8 Å². The summed E-state index contributed by atoms with van der Waals surface area (Å²) in [7, 11) is 0. The van der Waals surface area contributed by atoms with Gasteiger partial charge in [-0.3, -0.25) is 5.32 Å². The molecule has 0 saturated carbocycles. The number of primary amides is 1. The molecule has 1 aromatic heterocycles. The second-order valence-electron chi connectivity index (χ2n) is 3.44. The largest absolute Gasteiger partial charge is 0.435 e. The molecule has 2 amide bonds. The first-order chi connectivity index (χ1) is 7.21. The molecule has 0 bridgehead atoms. The fourth-order valence-electron chi connectivity index (χ4n) is 1.15. The molecule has 90 valence electrons. The average Bonchev–Trinajstić information content (AvgIpc) is 2.45. The number of carbonyl (C=O) groups is 1. The van der Waals surface area contributed by atoms with Gasteiger partial charge in [0.05, 0.1) is 0 Å². The monoisotopic (exact) mass is 236 g/mol. The second kappa shape index (κ2) is 4.03. The summed E-state index contributed by atoms with van der Waals surface area (Å²) < 4.78 is 38.1. The van der Waals surface area contributed by atoms with Crippen LogP contribution in [0.15, 0.2) is 6.07 Å². The van der Waals surface area contributed by atoms with Crippen LogP contribution in [-0.4, -0.2) is 15.8 Å². The number of nitrogens with one attached hydrogen (secondary N) is 1. The minimum absolute atomic E-state index is 0.0742. The summed E-state index contributed by atoms with van der Waals surface area (Å²) in [6, 6.07) is -0.515. The highest BCUT2D eigenvalue weighted by Crippen LogP contribution is 2.30. The van der Waals surface area contributed by atoms with Gasteiger partial charge in [-0.05, 0) is 13.8 Å². The van der Waals surface area contributed by atoms with Gasteiger partial charge >= 0.3 is 12.2 Å². The Morgan fingerprint density at radius 1 is 1.56 bits per heavy atom. The quantitative estimate of drug-likeness (QED) is 0.823. The minimum atomic E-state index is -4.55. The van der Waals surface area contributed by atoms with Gasteiger partial charge in [0.1, 0.15) is 5.82 Å². The maximum atomic E-state index is 12.4. The highest BCUT2D eigenvalue weighted by Gasteiger charge is 2.35. The third-order valence-corrected chi connectivity index (χ3v) is 1.77. The summed E-state index contributed by atoms with van der Waals surface area (Å²) in [6.45, 7) is 3.28. The molecule has 0 spiro atoms. The SMILES string of the molecule is CC(C)n1nc(C(F)(F)F)cc1NC(N)=O. The number of hydrogen-bond donors (Lipinski definition) is 2. The van der Waals surface area contributed by atoms with Crippen molar-refractivity contribution in [2.45, 2.75) is 26.1 Å². The smallest absolute Gasteiger partial charge is 0.351 e. The lowest BCUT2D eigenvalue weighted by Crippen LogP contribution is -2.22. The van der Waals surface area contributed by atoms with Gasteiger partial charge in [0.15, 0.2) is 5.69 Å². The molecule has 0 aliphatic heterocycles. The maximum absolute atomic E-state index is 12.4. The molecular weight excluding hydrogens is 225 g/mol. The highest BCUT2D eigenvalue weighted by molar-refractivity contribution is 5.86. The number of amides is 2. The van der Waals surface area contributed by atoms with Crippen molar-refractivity contribution in [3.8, 4) is 0 Å². The zero-order chi connectivity index (χ0) is 12.5. The predicted molar refractivity (Wildman–Crippen MR) is 50.8 cm³/mol. The molecule has 0 aromatic carbocycles. The summed E-state index contributed by atoms with van der Waals surface area (Å²) in [4.78, 5) is 10.6. The zero-order valence-corrected chi connectivity index (χ0v) is 8.67. The van der Waals surface area contributed by atoms with E-state index in [0.29, 0.717) is 0 Å². The van der Waals surface area contributed by atoms with Crippen LogP contribution in [-0.2, 0) is 6.18 Å². The molecule has 3 N–H and O–H groups in total. The van der Waals surface area contributed by atoms with Crippen molar-refractivity contribution in [1.29, 1.82) is 0 Å². The summed E-state index contributed by atoms with van der Waals surface area (Å²) in [5.74, 6) is -0.0742. The molecule has 0 unspecified atom stereocenters. The Bertz CT molecular complexity index is 396. The lowest BCUT2D eigenvalue weighted by Gasteiger charge is -2.10. The van der Waals surface area contributed by atoms with Crippen LogP contribution in [0.25, 0.3) is 0 Å². The Labute approximate surface area is 89.4 Å². The number of urea groups is 1. The third-order valence-electron chi connectivity index (χ3n) is 1.77. The van der Waals surface area contributed by atoms with Crippen molar-refractivity contribution in [2.24, 2.45) is 5.73 Å². The van der Waals surface area contributed by atoms with E-state index in [9.17, 15) is 18.0 Å². The number of halogens is 3. The molecule has 1 rings (SSSR count). The number of nitrogens with two attached hydrogens (primary N) is 1. The van der Waals surface area contributed by atoms with Gasteiger partial charge in [-0.25, -0.2) is 9.48 Å². The Morgan fingerprint density at radius 3 is 2.50 bits per heavy atom. The fraction of sp³-hybridized carbons (Fsp3) is 0.500. The van der Waals surface area contributed by atoms with Crippen LogP contribution in [0.5, 0.6) is 0 Å². The van der Waals surface area contributed by atoms with Crippen molar-refractivity contribution in [1.82, 2.24) is 9.78 Å². The van der Waals surface area contributed by atoms with Crippen LogP contribution in [0.4, 0.5) is 23.8 Å². The van der Waals surface area contributed by atoms with Crippen molar-refractivity contribution < 1.29 is 18.0 Å². The van der Waals surface area contributed by atoms with Gasteiger partial charge in [-0.15, -0.1) is 0 Å². The van der Waals surface area contributed by atoms with E-state index in [-0.39, 0.29) is 11.9 Å². The van der Waals surface area contributed by atoms with E-state index in [1.165, 1.54) is 0 Å². The van der Waals surface area contributed by atoms with E-state index in [1.54, 1.807) is 13.8 Å². The molecule has 0 radical (unpaired) electrons. The number of rotatable bonds is 2. The van der Waals surface area contributed by atoms with Crippen LogP contribution in [0.3, 0.4) is 0 Å². The molecule has 5 nitrogen and oxygen atoms in total. The summed E-state index contributed by atoms with van der Waals surface area (Å²) in [6.07, 6.45) is -4.55. The number of nitrogens with zero attached hydrogens (tertiary/aromatic N) is 2. The van der Waals surface area contributed by atoms with Gasteiger partial charge in [0, 0.05) is 12.1 Å². The lowest BCUT2D eigenvalue weighted by molar-refractivity contribution is -0.141. The molecule has 1 aromatic rings. The molecule has 0 fully saturated rings. The van der Waals surface area contributed by atoms with Crippen LogP contribution in [0.1, 0.15) is 25.6 Å². The predicted octanol–water partition coefficient (Wildman–Crippen LogP) is 1.97. The van der Waals surface area contributed by atoms with E-state index >= 15 is 0 Å². The summed E-state index contributed by atoms with van der Waals surface area (Å²) >= 11 is 0. The van der Waals surface area contributed by atoms with E-state index in [2.05, 4.69) is 10.4 Å². The maximum Gasteiger partial charge on any atom is 0.435 e. The number of carbonyl (C=O) groups excluding carboxylic acids is 1. The van der Waals surface area contributed by atoms with Gasteiger partial charge < -0.3 is 5.73 Å². The molecule has 0 aliphatic rings. The first kappa shape index (κ1) is 12.3. The number of anilines is 1. The van der Waals surface area contributed by atoms with E-state index in [1.807, 2.05) is 0 Å². The number of aromatic nitrogens is 2. The Morgan fingerprint density at radius 2 is 2.12 bits per heavy atom. The van der Waals surface area contributed by atoms with Crippen LogP contribution in [0.2, 0.25) is 0 Å². The Balaban J connectivity index is 3.15. The van der Waals surface area contributed by atoms with Crippen molar-refractivity contribution in [2.75, 3.05) is 5.32 Å². The summed E-state index contributed by atoms with van der Waals surface area (Å²) in [5.41, 5.74) is 3.77. The molecule has 0 aliphatic carbocycles. The number of hydrogen-bond acceptors (Lipinski definition) is 2. The first-order valence-corrected chi connectivity index (χ1v) is 4.45. The van der Waals surface area contributed by atoms with Gasteiger partial charge in [0.25, 0.3) is 0 Å². The lowest BCUT2D eigenvalue weighted by atomic mass is 10.4. The zero-order valence-electron chi connectivity index (χ0n) is 8.67. The average molecular weight is 236 g/mol. The van der Waals surface area contributed by atoms with Gasteiger partial charge in [-0.1, -0.05) is 0 Å². The Hall–Kier alpha value is -1.73. The fourth-order valence-corrected chi connectivity index (χ4v) is 1.15. The molecule has 0 saturated heterocycles. The molecule has 16 heavy (non-hydrogen) atoms. The third kappa shape index (κ3) is 2.65. The number of alkyl halides is 3. The minimum Gasteiger partial charge on any atom is -0.351 e. The van der Waals surface area contributed by atoms with E-state index < -0.39 is 17.9 Å². The second-order valence-corrected chi connectivity index (χ2v) is 3.44. The van der Waals surface area contributed by atoms with E-state index in [0.717, 1.165) is 10.7 Å². The normalized spacial score (nSPS) is 11.9. The molecular formula is C8H11F3N4O. The van der Waals surface area contributed by atoms with Gasteiger partial charge in [-0.2, -0.15) is 18.3 Å². The van der Waals surface area contributed by atoms with Gasteiger partial charge in [0.2, 0.25) is 0 Å². The Kier molecular flexibility index (Phi) is 3.11. The molecule has 8 heteroatoms. The summed E-state index contributed by atoms with van der Waals surface area (Å²) in [5, 5.41) is 5.44. The topological polar surface area (TPSA) is 72.9 Å². The van der Waals surface area contributed by atoms with Crippen molar-refractivity contribution in [3.63, 3.8) is 0 Å². The van der Waals surface area contributed by atoms with Crippen molar-refractivity contribution in [3.05, 3.63) is 11.8 Å². The molecule has 1 heterocycles. The van der Waals surface area contributed by atoms with Crippen LogP contribution >= 0.6 is 0 Å². The van der Waals surface area contributed by atoms with Crippen LogP contribution in [0, 0.1) is 0 Å². The highest BCUT2D eigenvalue weighted by atomic mass is 19.4. The first-order valence-electron chi connectivity index (χ1n) is 4.45.